The van der Waals surface area contributed by atoms with Crippen LogP contribution in [-0.2, 0) is 4.74 Å². The van der Waals surface area contributed by atoms with Crippen LogP contribution in [0, 0.1) is 17.2 Å². The molecule has 1 fully saturated rings. The fourth-order valence-electron chi connectivity index (χ4n) is 2.36. The van der Waals surface area contributed by atoms with Gasteiger partial charge in [-0.25, -0.2) is 0 Å². The second-order valence-corrected chi connectivity index (χ2v) is 4.59. The standard InChI is InChI=1S/C14H18N2O/c1-16-9-10-17-14(13(11-16)7-8-15)12-5-3-2-4-6-12/h2-6,13-14H,7,9-11H2,1H3. The van der Waals surface area contributed by atoms with Gasteiger partial charge in [-0.2, -0.15) is 5.26 Å². The zero-order valence-corrected chi connectivity index (χ0v) is 10.2. The molecule has 1 aromatic carbocycles. The molecule has 2 rings (SSSR count). The van der Waals surface area contributed by atoms with E-state index < -0.39 is 0 Å². The van der Waals surface area contributed by atoms with Gasteiger partial charge in [0.1, 0.15) is 0 Å². The molecule has 0 aromatic heterocycles. The van der Waals surface area contributed by atoms with Crippen molar-refractivity contribution in [1.29, 1.82) is 5.26 Å². The molecule has 0 bridgehead atoms. The topological polar surface area (TPSA) is 36.3 Å². The number of ether oxygens (including phenoxy) is 1. The Hall–Kier alpha value is -1.37. The monoisotopic (exact) mass is 230 g/mol. The Bertz CT molecular complexity index is 385. The SMILES string of the molecule is CN1CCOC(c2ccccc2)C(CC#N)C1. The minimum atomic E-state index is 0.0563. The van der Waals surface area contributed by atoms with Crippen LogP contribution in [-0.4, -0.2) is 31.6 Å². The molecule has 1 aromatic rings. The minimum absolute atomic E-state index is 0.0563. The fraction of sp³-hybridized carbons (Fsp3) is 0.500. The highest BCUT2D eigenvalue weighted by Crippen LogP contribution is 2.30. The number of rotatable bonds is 2. The van der Waals surface area contributed by atoms with Crippen molar-refractivity contribution < 1.29 is 4.74 Å². The average molecular weight is 230 g/mol. The molecule has 0 amide bonds. The van der Waals surface area contributed by atoms with Gasteiger partial charge in [0, 0.05) is 25.4 Å². The van der Waals surface area contributed by atoms with E-state index in [4.69, 9.17) is 10.00 Å². The molecule has 3 nitrogen and oxygen atoms in total. The van der Waals surface area contributed by atoms with Gasteiger partial charge in [-0.3, -0.25) is 0 Å². The summed E-state index contributed by atoms with van der Waals surface area (Å²) < 4.78 is 5.93. The normalized spacial score (nSPS) is 26.1. The second-order valence-electron chi connectivity index (χ2n) is 4.59. The Kier molecular flexibility index (Phi) is 4.13. The highest BCUT2D eigenvalue weighted by molar-refractivity contribution is 5.19. The maximum atomic E-state index is 8.94. The van der Waals surface area contributed by atoms with E-state index in [1.54, 1.807) is 0 Å². The van der Waals surface area contributed by atoms with Gasteiger partial charge in [0.15, 0.2) is 0 Å². The van der Waals surface area contributed by atoms with Gasteiger partial charge in [-0.1, -0.05) is 30.3 Å². The van der Waals surface area contributed by atoms with Crippen LogP contribution in [0.25, 0.3) is 0 Å². The highest BCUT2D eigenvalue weighted by atomic mass is 16.5. The lowest BCUT2D eigenvalue weighted by Crippen LogP contribution is -2.26. The van der Waals surface area contributed by atoms with E-state index in [1.165, 1.54) is 5.56 Å². The Morgan fingerprint density at radius 2 is 2.18 bits per heavy atom. The highest BCUT2D eigenvalue weighted by Gasteiger charge is 2.27. The molecule has 90 valence electrons. The van der Waals surface area contributed by atoms with Crippen molar-refractivity contribution in [3.63, 3.8) is 0 Å². The molecule has 2 atom stereocenters. The molecule has 0 N–H and O–H groups in total. The quantitative estimate of drug-likeness (QED) is 0.781. The molecule has 1 heterocycles. The first-order valence-electron chi connectivity index (χ1n) is 6.03. The summed E-state index contributed by atoms with van der Waals surface area (Å²) >= 11 is 0. The minimum Gasteiger partial charge on any atom is -0.372 e. The number of hydrogen-bond donors (Lipinski definition) is 0. The van der Waals surface area contributed by atoms with Crippen LogP contribution in [0.3, 0.4) is 0 Å². The van der Waals surface area contributed by atoms with Crippen molar-refractivity contribution >= 4 is 0 Å². The van der Waals surface area contributed by atoms with Crippen LogP contribution < -0.4 is 0 Å². The van der Waals surface area contributed by atoms with Crippen LogP contribution in [0.4, 0.5) is 0 Å². The Morgan fingerprint density at radius 1 is 1.41 bits per heavy atom. The van der Waals surface area contributed by atoms with Gasteiger partial charge in [0.2, 0.25) is 0 Å². The fourth-order valence-corrected chi connectivity index (χ4v) is 2.36. The molecule has 3 heteroatoms. The lowest BCUT2D eigenvalue weighted by molar-refractivity contribution is 0.0319. The van der Waals surface area contributed by atoms with Crippen molar-refractivity contribution in [2.24, 2.45) is 5.92 Å². The summed E-state index contributed by atoms with van der Waals surface area (Å²) in [4.78, 5) is 2.24. The van der Waals surface area contributed by atoms with E-state index in [9.17, 15) is 0 Å². The summed E-state index contributed by atoms with van der Waals surface area (Å²) in [6.07, 6.45) is 0.602. The van der Waals surface area contributed by atoms with E-state index in [2.05, 4.69) is 30.1 Å². The molecule has 2 unspecified atom stereocenters. The first-order valence-corrected chi connectivity index (χ1v) is 6.03. The molecular weight excluding hydrogens is 212 g/mol. The Labute approximate surface area is 103 Å². The van der Waals surface area contributed by atoms with Crippen molar-refractivity contribution in [1.82, 2.24) is 4.90 Å². The van der Waals surface area contributed by atoms with E-state index in [-0.39, 0.29) is 12.0 Å². The second kappa shape index (κ2) is 5.81. The Balaban J connectivity index is 2.20. The molecule has 17 heavy (non-hydrogen) atoms. The van der Waals surface area contributed by atoms with Gasteiger partial charge in [0.25, 0.3) is 0 Å². The van der Waals surface area contributed by atoms with Crippen LogP contribution in [0.5, 0.6) is 0 Å². The van der Waals surface area contributed by atoms with Gasteiger partial charge in [0.05, 0.1) is 18.8 Å². The molecule has 1 aliphatic rings. The number of benzene rings is 1. The number of nitrogens with zero attached hydrogens (tertiary/aromatic N) is 2. The van der Waals surface area contributed by atoms with Crippen LogP contribution in [0.2, 0.25) is 0 Å². The Morgan fingerprint density at radius 3 is 2.88 bits per heavy atom. The van der Waals surface area contributed by atoms with Crippen molar-refractivity contribution in [3.8, 4) is 6.07 Å². The molecule has 0 aliphatic carbocycles. The van der Waals surface area contributed by atoms with Crippen molar-refractivity contribution in [2.75, 3.05) is 26.7 Å². The number of likely N-dealkylation sites (N-methyl/N-ethyl adjacent to an activating group) is 1. The van der Waals surface area contributed by atoms with E-state index >= 15 is 0 Å². The van der Waals surface area contributed by atoms with E-state index in [1.807, 2.05) is 18.2 Å². The molecule has 1 aliphatic heterocycles. The number of nitriles is 1. The molecule has 0 spiro atoms. The summed E-state index contributed by atoms with van der Waals surface area (Å²) in [6, 6.07) is 12.5. The van der Waals surface area contributed by atoms with E-state index in [0.717, 1.165) is 19.7 Å². The molecule has 0 saturated carbocycles. The van der Waals surface area contributed by atoms with Crippen molar-refractivity contribution in [2.45, 2.75) is 12.5 Å². The third-order valence-electron chi connectivity index (χ3n) is 3.23. The van der Waals surface area contributed by atoms with Crippen LogP contribution in [0.15, 0.2) is 30.3 Å². The lowest BCUT2D eigenvalue weighted by atomic mass is 9.93. The van der Waals surface area contributed by atoms with Gasteiger partial charge >= 0.3 is 0 Å². The lowest BCUT2D eigenvalue weighted by Gasteiger charge is -2.24. The summed E-state index contributed by atoms with van der Waals surface area (Å²) in [5, 5.41) is 8.94. The maximum Gasteiger partial charge on any atom is 0.0875 e. The van der Waals surface area contributed by atoms with Gasteiger partial charge < -0.3 is 9.64 Å². The largest absolute Gasteiger partial charge is 0.372 e. The first kappa shape index (κ1) is 12.1. The van der Waals surface area contributed by atoms with E-state index in [0.29, 0.717) is 6.42 Å². The molecular formula is C14H18N2O. The van der Waals surface area contributed by atoms with Gasteiger partial charge in [-0.15, -0.1) is 0 Å². The summed E-state index contributed by atoms with van der Waals surface area (Å²) in [5.74, 6) is 0.259. The molecule has 1 saturated heterocycles. The zero-order chi connectivity index (χ0) is 12.1. The molecule has 0 radical (unpaired) electrons. The predicted molar refractivity (Wildman–Crippen MR) is 66.4 cm³/mol. The summed E-state index contributed by atoms with van der Waals surface area (Å²) in [7, 11) is 2.08. The first-order chi connectivity index (χ1) is 8.31. The average Bonchev–Trinajstić information content (AvgIpc) is 2.52. The predicted octanol–water partition coefficient (Wildman–Crippen LogP) is 2.22. The van der Waals surface area contributed by atoms with Crippen LogP contribution >= 0.6 is 0 Å². The smallest absolute Gasteiger partial charge is 0.0875 e. The maximum absolute atomic E-state index is 8.94. The zero-order valence-electron chi connectivity index (χ0n) is 10.2. The third-order valence-corrected chi connectivity index (χ3v) is 3.23. The summed E-state index contributed by atoms with van der Waals surface area (Å²) in [5.41, 5.74) is 1.18. The van der Waals surface area contributed by atoms with Crippen molar-refractivity contribution in [3.05, 3.63) is 35.9 Å². The van der Waals surface area contributed by atoms with Crippen LogP contribution in [0.1, 0.15) is 18.1 Å². The third kappa shape index (κ3) is 3.06. The number of hydrogen-bond acceptors (Lipinski definition) is 3. The summed E-state index contributed by atoms with van der Waals surface area (Å²) in [6.45, 7) is 2.59. The van der Waals surface area contributed by atoms with Gasteiger partial charge in [-0.05, 0) is 12.6 Å².